The highest BCUT2D eigenvalue weighted by Gasteiger charge is 2.37. The topological polar surface area (TPSA) is 64.3 Å². The Kier molecular flexibility index (Phi) is 5.37. The number of carbonyl (C=O) groups excluding carboxylic acids is 1. The van der Waals surface area contributed by atoms with Gasteiger partial charge in [0.05, 0.1) is 12.5 Å². The molecule has 0 radical (unpaired) electrons. The number of benzene rings is 1. The third-order valence-electron chi connectivity index (χ3n) is 4.44. The van der Waals surface area contributed by atoms with Gasteiger partial charge in [0.2, 0.25) is 5.91 Å². The molecule has 1 aromatic carbocycles. The van der Waals surface area contributed by atoms with Crippen molar-refractivity contribution in [3.05, 3.63) is 35.4 Å². The molecular formula is C17H26N2O2. The molecule has 21 heavy (non-hydrogen) atoms. The normalized spacial score (nSPS) is 25.6. The standard InChI is InChI=1S/C17H26N2O2/c1-17(18)10-6-5-9-15(17)16(20)19-11-13-7-3-4-8-14(13)12-21-2/h3-4,7-8,15H,5-6,9-12,18H2,1-2H3,(H,19,20). The van der Waals surface area contributed by atoms with Crippen LogP contribution in [-0.4, -0.2) is 18.6 Å². The summed E-state index contributed by atoms with van der Waals surface area (Å²) in [6.07, 6.45) is 4.02. The lowest BCUT2D eigenvalue weighted by molar-refractivity contribution is -0.128. The number of carbonyl (C=O) groups is 1. The number of amides is 1. The second-order valence-electron chi connectivity index (χ2n) is 6.22. The van der Waals surface area contributed by atoms with Gasteiger partial charge in [0.1, 0.15) is 0 Å². The minimum atomic E-state index is -0.381. The predicted octanol–water partition coefficient (Wildman–Crippen LogP) is 2.36. The van der Waals surface area contributed by atoms with Crippen LogP contribution in [0.2, 0.25) is 0 Å². The van der Waals surface area contributed by atoms with Crippen LogP contribution < -0.4 is 11.1 Å². The monoisotopic (exact) mass is 290 g/mol. The van der Waals surface area contributed by atoms with Crippen molar-refractivity contribution in [2.24, 2.45) is 11.7 Å². The van der Waals surface area contributed by atoms with Gasteiger partial charge in [-0.25, -0.2) is 0 Å². The first-order valence-corrected chi connectivity index (χ1v) is 7.67. The quantitative estimate of drug-likeness (QED) is 0.875. The van der Waals surface area contributed by atoms with Gasteiger partial charge >= 0.3 is 0 Å². The van der Waals surface area contributed by atoms with Gasteiger partial charge in [0.25, 0.3) is 0 Å². The van der Waals surface area contributed by atoms with E-state index in [9.17, 15) is 4.79 Å². The van der Waals surface area contributed by atoms with Crippen LogP contribution in [0.5, 0.6) is 0 Å². The van der Waals surface area contributed by atoms with Gasteiger partial charge in [-0.1, -0.05) is 37.1 Å². The maximum Gasteiger partial charge on any atom is 0.225 e. The Balaban J connectivity index is 1.98. The van der Waals surface area contributed by atoms with Gasteiger partial charge in [-0.3, -0.25) is 4.79 Å². The molecule has 0 aromatic heterocycles. The minimum absolute atomic E-state index is 0.0759. The zero-order chi connectivity index (χ0) is 15.3. The molecular weight excluding hydrogens is 264 g/mol. The number of hydrogen-bond donors (Lipinski definition) is 2. The molecule has 3 N–H and O–H groups in total. The lowest BCUT2D eigenvalue weighted by Crippen LogP contribution is -2.52. The first-order valence-electron chi connectivity index (χ1n) is 7.67. The van der Waals surface area contributed by atoms with E-state index >= 15 is 0 Å². The van der Waals surface area contributed by atoms with Crippen molar-refractivity contribution in [2.75, 3.05) is 7.11 Å². The fourth-order valence-electron chi connectivity index (χ4n) is 3.12. The molecule has 0 heterocycles. The number of hydrogen-bond acceptors (Lipinski definition) is 3. The molecule has 2 atom stereocenters. The molecule has 0 bridgehead atoms. The number of nitrogens with two attached hydrogens (primary N) is 1. The molecule has 2 rings (SSSR count). The summed E-state index contributed by atoms with van der Waals surface area (Å²) in [4.78, 5) is 12.4. The Labute approximate surface area is 127 Å². The predicted molar refractivity (Wildman–Crippen MR) is 83.6 cm³/mol. The van der Waals surface area contributed by atoms with Crippen LogP contribution in [-0.2, 0) is 22.7 Å². The lowest BCUT2D eigenvalue weighted by atomic mass is 9.74. The molecule has 1 aliphatic carbocycles. The SMILES string of the molecule is COCc1ccccc1CNC(=O)C1CCCCC1(C)N. The van der Waals surface area contributed by atoms with Crippen LogP contribution in [0.4, 0.5) is 0 Å². The first kappa shape index (κ1) is 16.0. The molecule has 4 nitrogen and oxygen atoms in total. The summed E-state index contributed by atoms with van der Waals surface area (Å²) < 4.78 is 5.19. The van der Waals surface area contributed by atoms with Crippen molar-refractivity contribution >= 4 is 5.91 Å². The van der Waals surface area contributed by atoms with Gasteiger partial charge in [-0.15, -0.1) is 0 Å². The molecule has 1 aliphatic rings. The molecule has 1 aromatic rings. The Morgan fingerprint density at radius 1 is 1.38 bits per heavy atom. The Morgan fingerprint density at radius 3 is 2.76 bits per heavy atom. The van der Waals surface area contributed by atoms with Gasteiger partial charge in [-0.05, 0) is 30.9 Å². The van der Waals surface area contributed by atoms with Crippen LogP contribution in [0.15, 0.2) is 24.3 Å². The summed E-state index contributed by atoms with van der Waals surface area (Å²) in [5.41, 5.74) is 8.12. The molecule has 1 saturated carbocycles. The highest BCUT2D eigenvalue weighted by atomic mass is 16.5. The largest absolute Gasteiger partial charge is 0.380 e. The lowest BCUT2D eigenvalue weighted by Gasteiger charge is -2.37. The van der Waals surface area contributed by atoms with E-state index in [0.29, 0.717) is 13.2 Å². The van der Waals surface area contributed by atoms with Gasteiger partial charge < -0.3 is 15.8 Å². The molecule has 0 spiro atoms. The third kappa shape index (κ3) is 4.05. The smallest absolute Gasteiger partial charge is 0.225 e. The summed E-state index contributed by atoms with van der Waals surface area (Å²) in [6.45, 7) is 3.09. The highest BCUT2D eigenvalue weighted by molar-refractivity contribution is 5.80. The van der Waals surface area contributed by atoms with E-state index in [0.717, 1.165) is 36.8 Å². The Bertz CT molecular complexity index is 485. The van der Waals surface area contributed by atoms with Crippen LogP contribution in [0.1, 0.15) is 43.7 Å². The maximum absolute atomic E-state index is 12.4. The van der Waals surface area contributed by atoms with E-state index in [2.05, 4.69) is 5.32 Å². The molecule has 1 amide bonds. The molecule has 0 aliphatic heterocycles. The summed E-state index contributed by atoms with van der Waals surface area (Å²) in [5, 5.41) is 3.05. The van der Waals surface area contributed by atoms with Crippen molar-refractivity contribution in [1.82, 2.24) is 5.32 Å². The van der Waals surface area contributed by atoms with E-state index in [1.165, 1.54) is 0 Å². The summed E-state index contributed by atoms with van der Waals surface area (Å²) >= 11 is 0. The summed E-state index contributed by atoms with van der Waals surface area (Å²) in [7, 11) is 1.68. The van der Waals surface area contributed by atoms with E-state index in [-0.39, 0.29) is 17.4 Å². The summed E-state index contributed by atoms with van der Waals surface area (Å²) in [5.74, 6) is -0.00671. The maximum atomic E-state index is 12.4. The minimum Gasteiger partial charge on any atom is -0.380 e. The van der Waals surface area contributed by atoms with Crippen LogP contribution >= 0.6 is 0 Å². The van der Waals surface area contributed by atoms with Crippen molar-refractivity contribution in [2.45, 2.75) is 51.3 Å². The molecule has 2 unspecified atom stereocenters. The van der Waals surface area contributed by atoms with Crippen molar-refractivity contribution in [1.29, 1.82) is 0 Å². The van der Waals surface area contributed by atoms with Crippen molar-refractivity contribution in [3.8, 4) is 0 Å². The van der Waals surface area contributed by atoms with Crippen LogP contribution in [0, 0.1) is 5.92 Å². The van der Waals surface area contributed by atoms with Gasteiger partial charge in [0, 0.05) is 19.2 Å². The molecule has 116 valence electrons. The average Bonchev–Trinajstić information content (AvgIpc) is 2.46. The number of ether oxygens (including phenoxy) is 1. The summed E-state index contributed by atoms with van der Waals surface area (Å²) in [6, 6.07) is 8.02. The average molecular weight is 290 g/mol. The van der Waals surface area contributed by atoms with E-state index < -0.39 is 0 Å². The third-order valence-corrected chi connectivity index (χ3v) is 4.44. The van der Waals surface area contributed by atoms with Crippen molar-refractivity contribution in [3.63, 3.8) is 0 Å². The molecule has 1 fully saturated rings. The fraction of sp³-hybridized carbons (Fsp3) is 0.588. The number of nitrogens with one attached hydrogen (secondary N) is 1. The zero-order valence-electron chi connectivity index (χ0n) is 13.0. The Morgan fingerprint density at radius 2 is 2.10 bits per heavy atom. The first-order chi connectivity index (χ1) is 10.0. The number of rotatable bonds is 5. The molecule has 4 heteroatoms. The molecule has 0 saturated heterocycles. The van der Waals surface area contributed by atoms with E-state index in [1.54, 1.807) is 7.11 Å². The van der Waals surface area contributed by atoms with E-state index in [1.807, 2.05) is 31.2 Å². The highest BCUT2D eigenvalue weighted by Crippen LogP contribution is 2.31. The Hall–Kier alpha value is -1.39. The number of methoxy groups -OCH3 is 1. The van der Waals surface area contributed by atoms with Crippen molar-refractivity contribution < 1.29 is 9.53 Å². The zero-order valence-corrected chi connectivity index (χ0v) is 13.0. The van der Waals surface area contributed by atoms with E-state index in [4.69, 9.17) is 10.5 Å². The van der Waals surface area contributed by atoms with Gasteiger partial charge in [0.15, 0.2) is 0 Å². The second kappa shape index (κ2) is 7.05. The second-order valence-corrected chi connectivity index (χ2v) is 6.22. The van der Waals surface area contributed by atoms with Crippen LogP contribution in [0.3, 0.4) is 0 Å². The fourth-order valence-corrected chi connectivity index (χ4v) is 3.12. The van der Waals surface area contributed by atoms with Gasteiger partial charge in [-0.2, -0.15) is 0 Å². The van der Waals surface area contributed by atoms with Crippen LogP contribution in [0.25, 0.3) is 0 Å².